The third-order valence-corrected chi connectivity index (χ3v) is 3.97. The van der Waals surface area contributed by atoms with Crippen LogP contribution in [0.25, 0.3) is 0 Å². The summed E-state index contributed by atoms with van der Waals surface area (Å²) in [5.74, 6) is 1.93. The van der Waals surface area contributed by atoms with E-state index in [0.717, 1.165) is 12.3 Å². The molecule has 1 fully saturated rings. The topological polar surface area (TPSA) is 52.0 Å². The Labute approximate surface area is 82.1 Å². The first-order valence-corrected chi connectivity index (χ1v) is 5.62. The van der Waals surface area contributed by atoms with Crippen LogP contribution in [0.5, 0.6) is 0 Å². The van der Waals surface area contributed by atoms with E-state index < -0.39 is 0 Å². The summed E-state index contributed by atoms with van der Waals surface area (Å²) < 4.78 is 0. The number of hydrogen-bond acceptors (Lipinski definition) is 2. The molecule has 0 saturated heterocycles. The Balaban J connectivity index is 2.66. The van der Waals surface area contributed by atoms with Crippen LogP contribution < -0.4 is 11.5 Å². The summed E-state index contributed by atoms with van der Waals surface area (Å²) in [7, 11) is 0. The minimum Gasteiger partial charge on any atom is -0.327 e. The summed E-state index contributed by atoms with van der Waals surface area (Å²) in [4.78, 5) is 0. The van der Waals surface area contributed by atoms with Gasteiger partial charge in [-0.15, -0.1) is 0 Å². The van der Waals surface area contributed by atoms with E-state index in [1.165, 1.54) is 12.8 Å². The summed E-state index contributed by atoms with van der Waals surface area (Å²) in [6.07, 6.45) is 3.52. The van der Waals surface area contributed by atoms with Crippen LogP contribution in [0.15, 0.2) is 0 Å². The quantitative estimate of drug-likeness (QED) is 0.686. The third kappa shape index (κ3) is 2.05. The van der Waals surface area contributed by atoms with Crippen LogP contribution in [0.4, 0.5) is 0 Å². The summed E-state index contributed by atoms with van der Waals surface area (Å²) in [6, 6.07) is 0.653. The van der Waals surface area contributed by atoms with E-state index in [-0.39, 0.29) is 0 Å². The molecular formula is C11H24N2. The molecule has 1 aliphatic rings. The first-order chi connectivity index (χ1) is 6.11. The molecule has 78 valence electrons. The molecule has 1 rings (SSSR count). The van der Waals surface area contributed by atoms with Gasteiger partial charge in [0.2, 0.25) is 0 Å². The highest BCUT2D eigenvalue weighted by molar-refractivity contribution is 4.93. The van der Waals surface area contributed by atoms with Gasteiger partial charge in [0, 0.05) is 12.1 Å². The van der Waals surface area contributed by atoms with Crippen LogP contribution in [-0.2, 0) is 0 Å². The Morgan fingerprint density at radius 2 is 1.77 bits per heavy atom. The van der Waals surface area contributed by atoms with Gasteiger partial charge in [-0.3, -0.25) is 0 Å². The fraction of sp³-hybridized carbons (Fsp3) is 1.00. The predicted molar refractivity (Wildman–Crippen MR) is 57.3 cm³/mol. The van der Waals surface area contributed by atoms with Gasteiger partial charge in [-0.1, -0.05) is 33.6 Å². The molecule has 0 aliphatic heterocycles. The van der Waals surface area contributed by atoms with Crippen molar-refractivity contribution in [2.75, 3.05) is 0 Å². The molecule has 0 aromatic rings. The average molecular weight is 184 g/mol. The van der Waals surface area contributed by atoms with Gasteiger partial charge in [-0.05, 0) is 24.2 Å². The highest BCUT2D eigenvalue weighted by Crippen LogP contribution is 2.35. The van der Waals surface area contributed by atoms with Crippen molar-refractivity contribution in [2.24, 2.45) is 29.2 Å². The first kappa shape index (κ1) is 11.0. The molecule has 2 nitrogen and oxygen atoms in total. The molecule has 13 heavy (non-hydrogen) atoms. The van der Waals surface area contributed by atoms with Crippen LogP contribution in [0, 0.1) is 17.8 Å². The first-order valence-electron chi connectivity index (χ1n) is 5.62. The fourth-order valence-corrected chi connectivity index (χ4v) is 2.84. The summed E-state index contributed by atoms with van der Waals surface area (Å²) in [6.45, 7) is 6.73. The fourth-order valence-electron chi connectivity index (χ4n) is 2.84. The molecule has 0 aromatic carbocycles. The second-order valence-corrected chi connectivity index (χ2v) is 4.58. The Bertz CT molecular complexity index is 158. The van der Waals surface area contributed by atoms with E-state index in [1.807, 2.05) is 0 Å². The molecule has 0 heterocycles. The lowest BCUT2D eigenvalue weighted by Crippen LogP contribution is -2.53. The second-order valence-electron chi connectivity index (χ2n) is 4.58. The normalized spacial score (nSPS) is 46.4. The standard InChI is InChI=1S/C11H24N2/c1-4-8-6-10(12)9(5-2)11(13)7(8)3/h7-11H,4-6,12-13H2,1-3H3. The van der Waals surface area contributed by atoms with Crippen LogP contribution in [0.2, 0.25) is 0 Å². The second kappa shape index (κ2) is 4.43. The number of hydrogen-bond donors (Lipinski definition) is 2. The molecule has 0 radical (unpaired) electrons. The van der Waals surface area contributed by atoms with Crippen LogP contribution in [0.1, 0.15) is 40.0 Å². The highest BCUT2D eigenvalue weighted by atomic mass is 14.8. The zero-order valence-corrected chi connectivity index (χ0v) is 9.16. The van der Waals surface area contributed by atoms with Crippen LogP contribution in [0.3, 0.4) is 0 Å². The van der Waals surface area contributed by atoms with E-state index >= 15 is 0 Å². The zero-order valence-electron chi connectivity index (χ0n) is 9.16. The molecule has 0 aromatic heterocycles. The maximum absolute atomic E-state index is 6.21. The molecule has 0 bridgehead atoms. The lowest BCUT2D eigenvalue weighted by atomic mass is 9.67. The molecule has 0 spiro atoms. The summed E-state index contributed by atoms with van der Waals surface area (Å²) in [5.41, 5.74) is 12.3. The molecular weight excluding hydrogens is 160 g/mol. The molecule has 5 atom stereocenters. The molecule has 1 aliphatic carbocycles. The average Bonchev–Trinajstić information content (AvgIpc) is 2.12. The zero-order chi connectivity index (χ0) is 10.0. The van der Waals surface area contributed by atoms with E-state index in [0.29, 0.717) is 23.9 Å². The monoisotopic (exact) mass is 184 g/mol. The van der Waals surface area contributed by atoms with Gasteiger partial charge in [0.25, 0.3) is 0 Å². The van der Waals surface area contributed by atoms with Gasteiger partial charge in [-0.2, -0.15) is 0 Å². The molecule has 4 N–H and O–H groups in total. The molecule has 1 saturated carbocycles. The van der Waals surface area contributed by atoms with Gasteiger partial charge in [0.05, 0.1) is 0 Å². The van der Waals surface area contributed by atoms with Crippen molar-refractivity contribution >= 4 is 0 Å². The number of rotatable bonds is 2. The van der Waals surface area contributed by atoms with Gasteiger partial charge >= 0.3 is 0 Å². The van der Waals surface area contributed by atoms with Gasteiger partial charge in [-0.25, -0.2) is 0 Å². The maximum atomic E-state index is 6.21. The summed E-state index contributed by atoms with van der Waals surface area (Å²) >= 11 is 0. The van der Waals surface area contributed by atoms with Crippen molar-refractivity contribution in [3.63, 3.8) is 0 Å². The smallest absolute Gasteiger partial charge is 0.0110 e. The van der Waals surface area contributed by atoms with Crippen LogP contribution in [-0.4, -0.2) is 12.1 Å². The Morgan fingerprint density at radius 1 is 1.15 bits per heavy atom. The van der Waals surface area contributed by atoms with Crippen LogP contribution >= 0.6 is 0 Å². The number of nitrogens with two attached hydrogens (primary N) is 2. The minimum atomic E-state index is 0.318. The van der Waals surface area contributed by atoms with Crippen molar-refractivity contribution < 1.29 is 0 Å². The Hall–Kier alpha value is -0.0800. The molecule has 5 unspecified atom stereocenters. The van der Waals surface area contributed by atoms with Crippen molar-refractivity contribution in [1.29, 1.82) is 0 Å². The summed E-state index contributed by atoms with van der Waals surface area (Å²) in [5, 5.41) is 0. The van der Waals surface area contributed by atoms with Crippen molar-refractivity contribution in [1.82, 2.24) is 0 Å². The lowest BCUT2D eigenvalue weighted by Gasteiger charge is -2.43. The Morgan fingerprint density at radius 3 is 2.23 bits per heavy atom. The maximum Gasteiger partial charge on any atom is 0.0110 e. The lowest BCUT2D eigenvalue weighted by molar-refractivity contribution is 0.129. The largest absolute Gasteiger partial charge is 0.327 e. The van der Waals surface area contributed by atoms with Crippen molar-refractivity contribution in [3.8, 4) is 0 Å². The van der Waals surface area contributed by atoms with E-state index in [4.69, 9.17) is 11.5 Å². The minimum absolute atomic E-state index is 0.318. The van der Waals surface area contributed by atoms with Gasteiger partial charge in [0.15, 0.2) is 0 Å². The molecule has 0 amide bonds. The van der Waals surface area contributed by atoms with Gasteiger partial charge in [0.1, 0.15) is 0 Å². The van der Waals surface area contributed by atoms with E-state index in [1.54, 1.807) is 0 Å². The third-order valence-electron chi connectivity index (χ3n) is 3.97. The van der Waals surface area contributed by atoms with Crippen molar-refractivity contribution in [3.05, 3.63) is 0 Å². The van der Waals surface area contributed by atoms with E-state index in [2.05, 4.69) is 20.8 Å². The highest BCUT2D eigenvalue weighted by Gasteiger charge is 2.37. The Kier molecular flexibility index (Phi) is 3.74. The van der Waals surface area contributed by atoms with Crippen molar-refractivity contribution in [2.45, 2.75) is 52.1 Å². The predicted octanol–water partition coefficient (Wildman–Crippen LogP) is 1.73. The van der Waals surface area contributed by atoms with E-state index in [9.17, 15) is 0 Å². The molecule has 2 heteroatoms. The SMILES string of the molecule is CCC1CC(N)C(CC)C(N)C1C. The van der Waals surface area contributed by atoms with Gasteiger partial charge < -0.3 is 11.5 Å².